The van der Waals surface area contributed by atoms with Crippen molar-refractivity contribution >= 4 is 23.6 Å². The molecule has 3 aromatic carbocycles. The molecule has 0 saturated carbocycles. The van der Waals surface area contributed by atoms with E-state index < -0.39 is 18.1 Å². The number of carbonyl (C=O) groups excluding carboxylic acids is 3. The van der Waals surface area contributed by atoms with Gasteiger partial charge in [-0.3, -0.25) is 9.59 Å². The van der Waals surface area contributed by atoms with Gasteiger partial charge in [0.05, 0.1) is 25.6 Å². The monoisotopic (exact) mass is 585 g/mol. The van der Waals surface area contributed by atoms with Crippen LogP contribution in [-0.2, 0) is 14.9 Å². The number of nitrogens with zero attached hydrogens (tertiary/aromatic N) is 1. The summed E-state index contributed by atoms with van der Waals surface area (Å²) in [6, 6.07) is 20.9. The number of methoxy groups -OCH3 is 1. The van der Waals surface area contributed by atoms with E-state index in [1.807, 2.05) is 79.4 Å². The smallest absolute Gasteiger partial charge is 0.406 e. The van der Waals surface area contributed by atoms with Crippen molar-refractivity contribution in [3.05, 3.63) is 94.5 Å². The van der Waals surface area contributed by atoms with Crippen molar-refractivity contribution in [1.82, 2.24) is 10.2 Å². The maximum absolute atomic E-state index is 14.2. The molecule has 228 valence electrons. The predicted octanol–water partition coefficient (Wildman–Crippen LogP) is 6.57. The third kappa shape index (κ3) is 7.74. The highest BCUT2D eigenvalue weighted by Gasteiger charge is 2.40. The molecule has 1 fully saturated rings. The molecular formula is C35H43N3O5. The lowest BCUT2D eigenvalue weighted by Crippen LogP contribution is -2.46. The zero-order valence-electron chi connectivity index (χ0n) is 26.0. The molecule has 2 unspecified atom stereocenters. The first kappa shape index (κ1) is 31.6. The number of likely N-dealkylation sites (tertiary alicyclic amines) is 1. The number of nitrogens with one attached hydrogen (secondary N) is 2. The van der Waals surface area contributed by atoms with Gasteiger partial charge >= 0.3 is 6.09 Å². The molecule has 1 aliphatic rings. The Hall–Kier alpha value is -4.33. The molecule has 43 heavy (non-hydrogen) atoms. The van der Waals surface area contributed by atoms with Crippen molar-refractivity contribution in [2.45, 2.75) is 58.9 Å². The molecule has 2 N–H and O–H groups in total. The topological polar surface area (TPSA) is 97.0 Å². The van der Waals surface area contributed by atoms with Crippen LogP contribution in [0.4, 0.5) is 10.5 Å². The summed E-state index contributed by atoms with van der Waals surface area (Å²) in [7, 11) is 1.31. The van der Waals surface area contributed by atoms with Gasteiger partial charge in [-0.15, -0.1) is 0 Å². The molecule has 8 nitrogen and oxygen atoms in total. The zero-order valence-corrected chi connectivity index (χ0v) is 26.0. The summed E-state index contributed by atoms with van der Waals surface area (Å²) in [6.45, 7) is 11.5. The largest absolute Gasteiger partial charge is 0.492 e. The second kappa shape index (κ2) is 13.8. The molecule has 0 radical (unpaired) electrons. The number of hydrogen-bond acceptors (Lipinski definition) is 5. The van der Waals surface area contributed by atoms with Gasteiger partial charge in [0.2, 0.25) is 5.91 Å². The number of hydrogen-bond donors (Lipinski definition) is 2. The van der Waals surface area contributed by atoms with Gasteiger partial charge < -0.3 is 25.0 Å². The van der Waals surface area contributed by atoms with Crippen molar-refractivity contribution in [3.63, 3.8) is 0 Å². The van der Waals surface area contributed by atoms with Gasteiger partial charge in [0.1, 0.15) is 12.4 Å². The van der Waals surface area contributed by atoms with E-state index in [1.54, 1.807) is 0 Å². The fraction of sp³-hybridized carbons (Fsp3) is 0.400. The van der Waals surface area contributed by atoms with Crippen molar-refractivity contribution < 1.29 is 23.9 Å². The van der Waals surface area contributed by atoms with E-state index in [9.17, 15) is 14.4 Å². The minimum absolute atomic E-state index is 0.0536. The van der Waals surface area contributed by atoms with Crippen LogP contribution in [0, 0.1) is 19.8 Å². The van der Waals surface area contributed by atoms with Gasteiger partial charge in [0.15, 0.2) is 0 Å². The zero-order chi connectivity index (χ0) is 31.1. The van der Waals surface area contributed by atoms with Gasteiger partial charge in [-0.1, -0.05) is 63.2 Å². The molecule has 1 saturated heterocycles. The molecular weight excluding hydrogens is 542 g/mol. The number of ether oxygens (including phenoxy) is 2. The SMILES string of the molecule is COC(=O)NCCOc1ccc(C2C(C(=O)Nc3cccc(C(C)(C)C)c3)CCCN2C(=O)c2c(C)cccc2C)cc1. The molecule has 4 rings (SSSR count). The number of alkyl carbamates (subject to hydrolysis) is 1. The van der Waals surface area contributed by atoms with E-state index >= 15 is 0 Å². The Kier molecular flexibility index (Phi) is 10.1. The lowest BCUT2D eigenvalue weighted by atomic mass is 9.83. The maximum Gasteiger partial charge on any atom is 0.406 e. The fourth-order valence-corrected chi connectivity index (χ4v) is 5.66. The molecule has 3 amide bonds. The predicted molar refractivity (Wildman–Crippen MR) is 169 cm³/mol. The van der Waals surface area contributed by atoms with Gasteiger partial charge in [0, 0.05) is 17.8 Å². The van der Waals surface area contributed by atoms with E-state index in [0.717, 1.165) is 34.4 Å². The number of benzene rings is 3. The van der Waals surface area contributed by atoms with Crippen molar-refractivity contribution in [3.8, 4) is 5.75 Å². The number of rotatable bonds is 8. The fourth-order valence-electron chi connectivity index (χ4n) is 5.66. The summed E-state index contributed by atoms with van der Waals surface area (Å²) in [5.41, 5.74) is 5.21. The summed E-state index contributed by atoms with van der Waals surface area (Å²) in [5, 5.41) is 5.74. The molecule has 1 aliphatic heterocycles. The highest BCUT2D eigenvalue weighted by Crippen LogP contribution is 2.39. The van der Waals surface area contributed by atoms with Gasteiger partial charge in [-0.2, -0.15) is 0 Å². The summed E-state index contributed by atoms with van der Waals surface area (Å²) >= 11 is 0. The minimum Gasteiger partial charge on any atom is -0.492 e. The first-order chi connectivity index (χ1) is 20.5. The van der Waals surface area contributed by atoms with Crippen LogP contribution >= 0.6 is 0 Å². The van der Waals surface area contributed by atoms with E-state index in [0.29, 0.717) is 30.8 Å². The molecule has 0 spiro atoms. The van der Waals surface area contributed by atoms with E-state index in [2.05, 4.69) is 42.2 Å². The molecule has 0 aromatic heterocycles. The Morgan fingerprint density at radius 2 is 1.63 bits per heavy atom. The van der Waals surface area contributed by atoms with Crippen LogP contribution in [0.25, 0.3) is 0 Å². The first-order valence-corrected chi connectivity index (χ1v) is 14.8. The average Bonchev–Trinajstić information content (AvgIpc) is 2.98. The highest BCUT2D eigenvalue weighted by molar-refractivity contribution is 5.99. The standard InChI is InChI=1S/C35H43N3O5/c1-23-10-7-11-24(2)30(23)33(40)38-20-9-14-29(32(39)37-27-13-8-12-26(22-27)35(3,4)5)31(38)25-15-17-28(18-16-25)43-21-19-36-34(41)42-6/h7-8,10-13,15-18,22,29,31H,9,14,19-21H2,1-6H3,(H,36,41)(H,37,39). The quantitative estimate of drug-likeness (QED) is 0.292. The lowest BCUT2D eigenvalue weighted by molar-refractivity contribution is -0.123. The third-order valence-corrected chi connectivity index (χ3v) is 7.97. The summed E-state index contributed by atoms with van der Waals surface area (Å²) < 4.78 is 10.4. The minimum atomic E-state index is -0.514. The number of anilines is 1. The maximum atomic E-state index is 14.2. The van der Waals surface area contributed by atoms with E-state index in [4.69, 9.17) is 4.74 Å². The molecule has 1 heterocycles. The Balaban J connectivity index is 1.63. The Morgan fingerprint density at radius 1 is 0.953 bits per heavy atom. The van der Waals surface area contributed by atoms with Gasteiger partial charge in [0.25, 0.3) is 5.91 Å². The van der Waals surface area contributed by atoms with Crippen molar-refractivity contribution in [2.75, 3.05) is 32.1 Å². The molecule has 3 aromatic rings. The van der Waals surface area contributed by atoms with Crippen LogP contribution < -0.4 is 15.4 Å². The van der Waals surface area contributed by atoms with Crippen molar-refractivity contribution in [2.24, 2.45) is 5.92 Å². The van der Waals surface area contributed by atoms with Crippen LogP contribution in [0.3, 0.4) is 0 Å². The molecule has 2 atom stereocenters. The molecule has 8 heteroatoms. The normalized spacial score (nSPS) is 16.7. The summed E-state index contributed by atoms with van der Waals surface area (Å²) in [4.78, 5) is 41.3. The van der Waals surface area contributed by atoms with Crippen LogP contribution in [0.15, 0.2) is 66.7 Å². The Labute approximate surface area is 254 Å². The summed E-state index contributed by atoms with van der Waals surface area (Å²) in [6.07, 6.45) is 0.866. The van der Waals surface area contributed by atoms with Gasteiger partial charge in [-0.05, 0) is 78.6 Å². The van der Waals surface area contributed by atoms with Crippen LogP contribution in [0.1, 0.15) is 72.3 Å². The lowest BCUT2D eigenvalue weighted by Gasteiger charge is -2.41. The highest BCUT2D eigenvalue weighted by atomic mass is 16.5. The van der Waals surface area contributed by atoms with E-state index in [-0.39, 0.29) is 23.8 Å². The Morgan fingerprint density at radius 3 is 2.28 bits per heavy atom. The van der Waals surface area contributed by atoms with Crippen LogP contribution in [0.2, 0.25) is 0 Å². The second-order valence-corrected chi connectivity index (χ2v) is 12.1. The van der Waals surface area contributed by atoms with E-state index in [1.165, 1.54) is 7.11 Å². The average molecular weight is 586 g/mol. The molecule has 0 aliphatic carbocycles. The van der Waals surface area contributed by atoms with Crippen LogP contribution in [0.5, 0.6) is 5.75 Å². The third-order valence-electron chi connectivity index (χ3n) is 7.97. The molecule has 0 bridgehead atoms. The number of piperidine rings is 1. The van der Waals surface area contributed by atoms with Crippen LogP contribution in [-0.4, -0.2) is 49.6 Å². The number of amides is 3. The summed E-state index contributed by atoms with van der Waals surface area (Å²) in [5.74, 6) is 0.00139. The Bertz CT molecular complexity index is 1420. The number of aryl methyl sites for hydroxylation is 2. The first-order valence-electron chi connectivity index (χ1n) is 14.8. The van der Waals surface area contributed by atoms with Gasteiger partial charge in [-0.25, -0.2) is 4.79 Å². The second-order valence-electron chi connectivity index (χ2n) is 12.1. The number of carbonyl (C=O) groups is 3. The van der Waals surface area contributed by atoms with Crippen molar-refractivity contribution in [1.29, 1.82) is 0 Å².